The van der Waals surface area contributed by atoms with E-state index in [4.69, 9.17) is 9.72 Å². The third-order valence-electron chi connectivity index (χ3n) is 5.03. The first-order chi connectivity index (χ1) is 13.7. The Morgan fingerprint density at radius 1 is 1.21 bits per heavy atom. The van der Waals surface area contributed by atoms with Gasteiger partial charge in [-0.05, 0) is 50.3 Å². The standard InChI is InChI=1S/C20H18N4O3S/c1-2-27-19(26)16-22-24(12-8-4-3-5-9-12)20-21-17-15(18(25)23(16)20)13-10-6-7-11-14(13)28-17/h3-5,8-9H,2,6-7,10-11H2,1H3. The van der Waals surface area contributed by atoms with Crippen LogP contribution in [0.2, 0.25) is 0 Å². The van der Waals surface area contributed by atoms with Gasteiger partial charge in [0.05, 0.1) is 17.7 Å². The van der Waals surface area contributed by atoms with E-state index in [1.54, 1.807) is 18.3 Å². The maximum absolute atomic E-state index is 13.5. The molecule has 5 rings (SSSR count). The van der Waals surface area contributed by atoms with Gasteiger partial charge in [-0.15, -0.1) is 16.4 Å². The van der Waals surface area contributed by atoms with Crippen molar-refractivity contribution < 1.29 is 9.53 Å². The van der Waals surface area contributed by atoms with Crippen LogP contribution in [0, 0.1) is 0 Å². The molecule has 1 aromatic carbocycles. The molecule has 0 saturated heterocycles. The first kappa shape index (κ1) is 17.1. The van der Waals surface area contributed by atoms with Crippen molar-refractivity contribution in [2.24, 2.45) is 0 Å². The molecule has 1 aliphatic rings. The van der Waals surface area contributed by atoms with Gasteiger partial charge in [0.25, 0.3) is 5.56 Å². The quantitative estimate of drug-likeness (QED) is 0.499. The first-order valence-electron chi connectivity index (χ1n) is 9.37. The van der Waals surface area contributed by atoms with Gasteiger partial charge in [0.15, 0.2) is 0 Å². The van der Waals surface area contributed by atoms with E-state index in [1.807, 2.05) is 30.3 Å². The van der Waals surface area contributed by atoms with E-state index in [0.717, 1.165) is 36.9 Å². The molecule has 0 bridgehead atoms. The van der Waals surface area contributed by atoms with Crippen LogP contribution in [0.25, 0.3) is 21.7 Å². The molecular weight excluding hydrogens is 376 g/mol. The van der Waals surface area contributed by atoms with Crippen molar-refractivity contribution in [3.63, 3.8) is 0 Å². The number of benzene rings is 1. The van der Waals surface area contributed by atoms with Crippen molar-refractivity contribution in [2.75, 3.05) is 6.61 Å². The third-order valence-corrected chi connectivity index (χ3v) is 6.21. The van der Waals surface area contributed by atoms with Gasteiger partial charge in [-0.2, -0.15) is 4.68 Å². The number of thiophene rings is 1. The molecular formula is C20H18N4O3S. The molecule has 8 heteroatoms. The second-order valence-electron chi connectivity index (χ2n) is 6.73. The fourth-order valence-electron chi connectivity index (χ4n) is 3.78. The summed E-state index contributed by atoms with van der Waals surface area (Å²) in [5, 5.41) is 5.02. The summed E-state index contributed by atoms with van der Waals surface area (Å²) in [5.74, 6) is -0.351. The summed E-state index contributed by atoms with van der Waals surface area (Å²) in [6.07, 6.45) is 4.05. The van der Waals surface area contributed by atoms with Crippen LogP contribution >= 0.6 is 11.3 Å². The minimum Gasteiger partial charge on any atom is -0.460 e. The van der Waals surface area contributed by atoms with E-state index in [-0.39, 0.29) is 18.0 Å². The zero-order chi connectivity index (χ0) is 19.3. The lowest BCUT2D eigenvalue weighted by molar-refractivity contribution is 0.0509. The van der Waals surface area contributed by atoms with Crippen molar-refractivity contribution in [1.82, 2.24) is 19.2 Å². The summed E-state index contributed by atoms with van der Waals surface area (Å²) < 4.78 is 7.98. The topological polar surface area (TPSA) is 78.5 Å². The number of carbonyl (C=O) groups is 1. The van der Waals surface area contributed by atoms with Crippen LogP contribution in [-0.2, 0) is 17.6 Å². The number of hydrogen-bond donors (Lipinski definition) is 0. The Kier molecular flexibility index (Phi) is 4.01. The molecule has 3 heterocycles. The Morgan fingerprint density at radius 2 is 2.00 bits per heavy atom. The van der Waals surface area contributed by atoms with E-state index >= 15 is 0 Å². The van der Waals surface area contributed by atoms with Crippen molar-refractivity contribution in [3.8, 4) is 5.69 Å². The smallest absolute Gasteiger partial charge is 0.376 e. The van der Waals surface area contributed by atoms with Crippen molar-refractivity contribution in [3.05, 3.63) is 57.0 Å². The molecule has 0 saturated carbocycles. The van der Waals surface area contributed by atoms with Crippen molar-refractivity contribution >= 4 is 33.3 Å². The number of para-hydroxylation sites is 1. The second-order valence-corrected chi connectivity index (χ2v) is 7.82. The van der Waals surface area contributed by atoms with Crippen LogP contribution in [0.15, 0.2) is 35.1 Å². The molecule has 0 radical (unpaired) electrons. The zero-order valence-corrected chi connectivity index (χ0v) is 16.2. The number of aryl methyl sites for hydroxylation is 2. The maximum Gasteiger partial charge on any atom is 0.376 e. The summed E-state index contributed by atoms with van der Waals surface area (Å²) in [6.45, 7) is 1.93. The number of aromatic nitrogens is 4. The van der Waals surface area contributed by atoms with Crippen LogP contribution in [0.5, 0.6) is 0 Å². The van der Waals surface area contributed by atoms with Gasteiger partial charge in [-0.3, -0.25) is 4.79 Å². The molecule has 28 heavy (non-hydrogen) atoms. The molecule has 0 N–H and O–H groups in total. The SMILES string of the molecule is CCOC(=O)c1nn(-c2ccccc2)c2nc3sc4c(c3c(=O)n12)CCCC4. The normalized spacial score (nSPS) is 13.8. The lowest BCUT2D eigenvalue weighted by Crippen LogP contribution is -2.21. The van der Waals surface area contributed by atoms with E-state index in [2.05, 4.69) is 5.10 Å². The number of rotatable bonds is 3. The number of hydrogen-bond acceptors (Lipinski definition) is 6. The molecule has 0 spiro atoms. The summed E-state index contributed by atoms with van der Waals surface area (Å²) in [5.41, 5.74) is 1.56. The van der Waals surface area contributed by atoms with Gasteiger partial charge >= 0.3 is 5.97 Å². The average molecular weight is 394 g/mol. The minimum absolute atomic E-state index is 0.0455. The number of esters is 1. The lowest BCUT2D eigenvalue weighted by atomic mass is 9.97. The van der Waals surface area contributed by atoms with Crippen LogP contribution in [0.1, 0.15) is 40.8 Å². The van der Waals surface area contributed by atoms with E-state index < -0.39 is 5.97 Å². The second kappa shape index (κ2) is 6.56. The van der Waals surface area contributed by atoms with Gasteiger partial charge < -0.3 is 4.74 Å². The highest BCUT2D eigenvalue weighted by Gasteiger charge is 2.26. The first-order valence-corrected chi connectivity index (χ1v) is 10.2. The number of fused-ring (bicyclic) bond motifs is 4. The van der Waals surface area contributed by atoms with Crippen LogP contribution in [-0.4, -0.2) is 31.7 Å². The number of nitrogens with zero attached hydrogens (tertiary/aromatic N) is 4. The molecule has 7 nitrogen and oxygen atoms in total. The Balaban J connectivity index is 1.88. The maximum atomic E-state index is 13.5. The average Bonchev–Trinajstić information content (AvgIpc) is 3.28. The largest absolute Gasteiger partial charge is 0.460 e. The molecule has 0 aliphatic heterocycles. The highest BCUT2D eigenvalue weighted by Crippen LogP contribution is 2.34. The summed E-state index contributed by atoms with van der Waals surface area (Å²) in [7, 11) is 0. The van der Waals surface area contributed by atoms with Gasteiger partial charge in [-0.25, -0.2) is 14.2 Å². The van der Waals surface area contributed by atoms with Crippen molar-refractivity contribution in [2.45, 2.75) is 32.6 Å². The number of carbonyl (C=O) groups excluding carboxylic acids is 1. The fourth-order valence-corrected chi connectivity index (χ4v) is 5.03. The van der Waals surface area contributed by atoms with Crippen LogP contribution in [0.3, 0.4) is 0 Å². The third kappa shape index (κ3) is 2.48. The summed E-state index contributed by atoms with van der Waals surface area (Å²) in [4.78, 5) is 32.7. The Labute approximate surface area is 164 Å². The molecule has 142 valence electrons. The van der Waals surface area contributed by atoms with Gasteiger partial charge in [0.1, 0.15) is 4.83 Å². The van der Waals surface area contributed by atoms with E-state index in [0.29, 0.717) is 16.0 Å². The predicted octanol–water partition coefficient (Wildman–Crippen LogP) is 3.15. The lowest BCUT2D eigenvalue weighted by Gasteiger charge is -2.09. The molecule has 0 fully saturated rings. The molecule has 0 atom stereocenters. The zero-order valence-electron chi connectivity index (χ0n) is 15.3. The molecule has 4 aromatic rings. The highest BCUT2D eigenvalue weighted by atomic mass is 32.1. The Bertz CT molecular complexity index is 1270. The van der Waals surface area contributed by atoms with Crippen LogP contribution in [0.4, 0.5) is 0 Å². The fraction of sp³-hybridized carbons (Fsp3) is 0.300. The Morgan fingerprint density at radius 3 is 2.79 bits per heavy atom. The highest BCUT2D eigenvalue weighted by molar-refractivity contribution is 7.18. The Hall–Kier alpha value is -3.00. The monoisotopic (exact) mass is 394 g/mol. The molecule has 3 aromatic heterocycles. The summed E-state index contributed by atoms with van der Waals surface area (Å²) >= 11 is 1.58. The summed E-state index contributed by atoms with van der Waals surface area (Å²) in [6, 6.07) is 9.36. The van der Waals surface area contributed by atoms with Crippen LogP contribution < -0.4 is 5.56 Å². The minimum atomic E-state index is -0.630. The van der Waals surface area contributed by atoms with E-state index in [9.17, 15) is 9.59 Å². The van der Waals surface area contributed by atoms with Gasteiger partial charge in [0, 0.05) is 4.88 Å². The van der Waals surface area contributed by atoms with Crippen molar-refractivity contribution in [1.29, 1.82) is 0 Å². The molecule has 0 unspecified atom stereocenters. The van der Waals surface area contributed by atoms with E-state index in [1.165, 1.54) is 14.0 Å². The molecule has 1 aliphatic carbocycles. The predicted molar refractivity (Wildman–Crippen MR) is 107 cm³/mol. The number of ether oxygens (including phenoxy) is 1. The van der Waals surface area contributed by atoms with Gasteiger partial charge in [0.2, 0.25) is 11.6 Å². The van der Waals surface area contributed by atoms with Gasteiger partial charge in [-0.1, -0.05) is 18.2 Å². The molecule has 0 amide bonds.